The number of nitrogens with zero attached hydrogens (tertiary/aromatic N) is 1. The number of sulfone groups is 1. The molecule has 0 bridgehead atoms. The molecule has 0 unspecified atom stereocenters. The Bertz CT molecular complexity index is 288. The predicted octanol–water partition coefficient (Wildman–Crippen LogP) is -0.117. The first-order valence-corrected chi connectivity index (χ1v) is 7.20. The number of rotatable bonds is 5. The zero-order valence-electron chi connectivity index (χ0n) is 9.11. The van der Waals surface area contributed by atoms with E-state index in [1.807, 2.05) is 6.08 Å². The molecule has 4 nitrogen and oxygen atoms in total. The second-order valence-corrected chi connectivity index (χ2v) is 6.14. The lowest BCUT2D eigenvalue weighted by molar-refractivity contribution is 0.296. The lowest BCUT2D eigenvalue weighted by atomic mass is 10.4. The molecule has 1 heterocycles. The van der Waals surface area contributed by atoms with Crippen LogP contribution in [0.4, 0.5) is 0 Å². The van der Waals surface area contributed by atoms with Crippen LogP contribution in [0.15, 0.2) is 12.7 Å². The smallest absolute Gasteiger partial charge is 0.151 e. The third kappa shape index (κ3) is 5.30. The quantitative estimate of drug-likeness (QED) is 0.530. The molecule has 0 aromatic heterocycles. The Labute approximate surface area is 92.3 Å². The summed E-state index contributed by atoms with van der Waals surface area (Å²) in [6.45, 7) is 7.83. The maximum absolute atomic E-state index is 11.3. The number of hydrogen-bond acceptors (Lipinski definition) is 4. The van der Waals surface area contributed by atoms with E-state index in [2.05, 4.69) is 16.8 Å². The van der Waals surface area contributed by atoms with Crippen molar-refractivity contribution < 1.29 is 8.42 Å². The lowest BCUT2D eigenvalue weighted by Crippen LogP contribution is -2.34. The predicted molar refractivity (Wildman–Crippen MR) is 62.8 cm³/mol. The Morgan fingerprint density at radius 1 is 1.33 bits per heavy atom. The zero-order chi connectivity index (χ0) is 11.1. The average Bonchev–Trinajstić information content (AvgIpc) is 2.35. The van der Waals surface area contributed by atoms with Crippen molar-refractivity contribution in [3.05, 3.63) is 12.7 Å². The summed E-state index contributed by atoms with van der Waals surface area (Å²) >= 11 is 0. The summed E-state index contributed by atoms with van der Waals surface area (Å²) in [6.07, 6.45) is 2.59. The van der Waals surface area contributed by atoms with Gasteiger partial charge in [-0.2, -0.15) is 0 Å². The monoisotopic (exact) mass is 232 g/mol. The molecule has 1 aliphatic heterocycles. The second-order valence-electron chi connectivity index (χ2n) is 3.84. The van der Waals surface area contributed by atoms with Crippen molar-refractivity contribution in [2.24, 2.45) is 0 Å². The van der Waals surface area contributed by atoms with Crippen molar-refractivity contribution in [1.29, 1.82) is 0 Å². The fourth-order valence-corrected chi connectivity index (χ4v) is 2.96. The Balaban J connectivity index is 2.23. The summed E-state index contributed by atoms with van der Waals surface area (Å²) < 4.78 is 22.7. The second kappa shape index (κ2) is 6.25. The first-order valence-electron chi connectivity index (χ1n) is 5.38. The Hall–Kier alpha value is -0.390. The molecule has 1 aliphatic rings. The third-order valence-corrected chi connectivity index (χ3v) is 4.26. The van der Waals surface area contributed by atoms with Crippen LogP contribution in [0.25, 0.3) is 0 Å². The first kappa shape index (κ1) is 12.7. The first-order chi connectivity index (χ1) is 7.14. The SMILES string of the molecule is C=CCNCCN1CCCS(=O)(=O)CC1. The Kier molecular flexibility index (Phi) is 5.28. The van der Waals surface area contributed by atoms with Gasteiger partial charge >= 0.3 is 0 Å². The highest BCUT2D eigenvalue weighted by Gasteiger charge is 2.18. The highest BCUT2D eigenvalue weighted by atomic mass is 32.2. The Morgan fingerprint density at radius 3 is 2.87 bits per heavy atom. The summed E-state index contributed by atoms with van der Waals surface area (Å²) in [5.74, 6) is 0.665. The van der Waals surface area contributed by atoms with Gasteiger partial charge in [-0.15, -0.1) is 6.58 Å². The summed E-state index contributed by atoms with van der Waals surface area (Å²) in [5, 5.41) is 3.21. The highest BCUT2D eigenvalue weighted by molar-refractivity contribution is 7.91. The van der Waals surface area contributed by atoms with Gasteiger partial charge in [0, 0.05) is 26.2 Å². The lowest BCUT2D eigenvalue weighted by Gasteiger charge is -2.18. The van der Waals surface area contributed by atoms with E-state index in [-0.39, 0.29) is 0 Å². The largest absolute Gasteiger partial charge is 0.312 e. The van der Waals surface area contributed by atoms with Crippen molar-refractivity contribution in [2.45, 2.75) is 6.42 Å². The molecule has 0 aromatic rings. The number of nitrogens with one attached hydrogen (secondary N) is 1. The number of hydrogen-bond donors (Lipinski definition) is 1. The zero-order valence-corrected chi connectivity index (χ0v) is 9.93. The highest BCUT2D eigenvalue weighted by Crippen LogP contribution is 2.03. The minimum Gasteiger partial charge on any atom is -0.312 e. The summed E-state index contributed by atoms with van der Waals surface area (Å²) in [7, 11) is -2.77. The molecule has 15 heavy (non-hydrogen) atoms. The van der Waals surface area contributed by atoms with E-state index in [1.54, 1.807) is 0 Å². The van der Waals surface area contributed by atoms with Crippen LogP contribution in [-0.2, 0) is 9.84 Å². The Morgan fingerprint density at radius 2 is 2.13 bits per heavy atom. The van der Waals surface area contributed by atoms with Crippen LogP contribution in [-0.4, -0.2) is 57.5 Å². The molecule has 0 atom stereocenters. The fraction of sp³-hybridized carbons (Fsp3) is 0.800. The average molecular weight is 232 g/mol. The minimum absolute atomic E-state index is 0.314. The summed E-state index contributed by atoms with van der Waals surface area (Å²) in [5.41, 5.74) is 0. The van der Waals surface area contributed by atoms with Crippen LogP contribution >= 0.6 is 0 Å². The molecule has 88 valence electrons. The van der Waals surface area contributed by atoms with Gasteiger partial charge < -0.3 is 10.2 Å². The van der Waals surface area contributed by atoms with Gasteiger partial charge in [-0.05, 0) is 13.0 Å². The van der Waals surface area contributed by atoms with Gasteiger partial charge in [-0.25, -0.2) is 8.42 Å². The molecule has 5 heteroatoms. The molecular formula is C10H20N2O2S. The van der Waals surface area contributed by atoms with Crippen molar-refractivity contribution in [3.63, 3.8) is 0 Å². The standard InChI is InChI=1S/C10H20N2O2S/c1-2-4-11-5-7-12-6-3-9-15(13,14)10-8-12/h2,11H,1,3-10H2. The van der Waals surface area contributed by atoms with E-state index >= 15 is 0 Å². The molecule has 0 saturated carbocycles. The van der Waals surface area contributed by atoms with Gasteiger partial charge in [0.25, 0.3) is 0 Å². The summed E-state index contributed by atoms with van der Waals surface area (Å²) in [6, 6.07) is 0. The van der Waals surface area contributed by atoms with E-state index < -0.39 is 9.84 Å². The van der Waals surface area contributed by atoms with Crippen LogP contribution in [0.2, 0.25) is 0 Å². The van der Waals surface area contributed by atoms with E-state index in [0.29, 0.717) is 18.1 Å². The van der Waals surface area contributed by atoms with E-state index in [1.165, 1.54) is 0 Å². The molecule has 1 N–H and O–H groups in total. The maximum atomic E-state index is 11.3. The maximum Gasteiger partial charge on any atom is 0.151 e. The third-order valence-electron chi connectivity index (χ3n) is 2.54. The molecule has 1 fully saturated rings. The van der Waals surface area contributed by atoms with Gasteiger partial charge in [0.2, 0.25) is 0 Å². The summed E-state index contributed by atoms with van der Waals surface area (Å²) in [4.78, 5) is 2.21. The molecule has 0 amide bonds. The van der Waals surface area contributed by atoms with Gasteiger partial charge in [0.15, 0.2) is 9.84 Å². The molecule has 0 spiro atoms. The molecule has 0 radical (unpaired) electrons. The van der Waals surface area contributed by atoms with Crippen LogP contribution in [0.5, 0.6) is 0 Å². The van der Waals surface area contributed by atoms with E-state index in [4.69, 9.17) is 0 Å². The molecule has 0 aliphatic carbocycles. The van der Waals surface area contributed by atoms with Crippen molar-refractivity contribution in [2.75, 3.05) is 44.2 Å². The minimum atomic E-state index is -2.77. The molecular weight excluding hydrogens is 212 g/mol. The molecule has 1 saturated heterocycles. The van der Waals surface area contributed by atoms with Gasteiger partial charge in [-0.3, -0.25) is 0 Å². The fourth-order valence-electron chi connectivity index (χ4n) is 1.66. The van der Waals surface area contributed by atoms with Crippen molar-refractivity contribution in [1.82, 2.24) is 10.2 Å². The van der Waals surface area contributed by atoms with Gasteiger partial charge in [0.05, 0.1) is 11.5 Å². The molecule has 1 rings (SSSR count). The van der Waals surface area contributed by atoms with Crippen molar-refractivity contribution in [3.8, 4) is 0 Å². The van der Waals surface area contributed by atoms with Crippen LogP contribution in [0, 0.1) is 0 Å². The van der Waals surface area contributed by atoms with Crippen LogP contribution in [0.3, 0.4) is 0 Å². The van der Waals surface area contributed by atoms with E-state index in [9.17, 15) is 8.42 Å². The normalized spacial score (nSPS) is 22.1. The van der Waals surface area contributed by atoms with Crippen LogP contribution < -0.4 is 5.32 Å². The van der Waals surface area contributed by atoms with E-state index in [0.717, 1.165) is 32.6 Å². The topological polar surface area (TPSA) is 49.4 Å². The van der Waals surface area contributed by atoms with Gasteiger partial charge in [0.1, 0.15) is 0 Å². The van der Waals surface area contributed by atoms with Crippen LogP contribution in [0.1, 0.15) is 6.42 Å². The van der Waals surface area contributed by atoms with Gasteiger partial charge in [-0.1, -0.05) is 6.08 Å². The van der Waals surface area contributed by atoms with Crippen molar-refractivity contribution >= 4 is 9.84 Å². The molecule has 0 aromatic carbocycles.